The van der Waals surface area contributed by atoms with Crippen molar-refractivity contribution < 1.29 is 13.9 Å². The first-order valence-electron chi connectivity index (χ1n) is 5.46. The van der Waals surface area contributed by atoms with Crippen molar-refractivity contribution in [1.29, 1.82) is 0 Å². The third kappa shape index (κ3) is 3.70. The minimum atomic E-state index is -0.608. The second-order valence-corrected chi connectivity index (χ2v) is 5.18. The molecule has 0 radical (unpaired) electrons. The van der Waals surface area contributed by atoms with Gasteiger partial charge in [-0.2, -0.15) is 0 Å². The summed E-state index contributed by atoms with van der Waals surface area (Å²) in [5, 5.41) is 0.258. The molecular formula is C13H16ClFO2. The van der Waals surface area contributed by atoms with E-state index < -0.39 is 17.4 Å². The van der Waals surface area contributed by atoms with Crippen molar-refractivity contribution in [3.63, 3.8) is 0 Å². The van der Waals surface area contributed by atoms with Crippen molar-refractivity contribution in [3.05, 3.63) is 34.1 Å². The SMILES string of the molecule is CCc1c(F)cc(C(=O)OC(C)(C)C)cc1Cl. The zero-order chi connectivity index (χ0) is 13.2. The molecule has 0 atom stereocenters. The first-order chi connectivity index (χ1) is 7.74. The molecule has 1 aromatic carbocycles. The highest BCUT2D eigenvalue weighted by Crippen LogP contribution is 2.23. The molecule has 1 rings (SSSR count). The number of hydrogen-bond donors (Lipinski definition) is 0. The van der Waals surface area contributed by atoms with Crippen LogP contribution >= 0.6 is 11.6 Å². The summed E-state index contributed by atoms with van der Waals surface area (Å²) in [6.07, 6.45) is 0.485. The minimum Gasteiger partial charge on any atom is -0.456 e. The Morgan fingerprint density at radius 2 is 2.00 bits per heavy atom. The predicted octanol–water partition coefficient (Wildman–Crippen LogP) is 4.00. The molecule has 17 heavy (non-hydrogen) atoms. The van der Waals surface area contributed by atoms with Gasteiger partial charge >= 0.3 is 5.97 Å². The number of rotatable bonds is 2. The van der Waals surface area contributed by atoms with Gasteiger partial charge in [0.15, 0.2) is 0 Å². The average molecular weight is 259 g/mol. The first-order valence-corrected chi connectivity index (χ1v) is 5.83. The van der Waals surface area contributed by atoms with Crippen LogP contribution in [-0.2, 0) is 11.2 Å². The number of esters is 1. The van der Waals surface area contributed by atoms with E-state index in [1.807, 2.05) is 0 Å². The average Bonchev–Trinajstić information content (AvgIpc) is 2.14. The molecule has 0 amide bonds. The Labute approximate surface area is 106 Å². The van der Waals surface area contributed by atoms with Crippen molar-refractivity contribution in [2.75, 3.05) is 0 Å². The molecule has 0 aliphatic carbocycles. The smallest absolute Gasteiger partial charge is 0.338 e. The maximum atomic E-state index is 13.6. The topological polar surface area (TPSA) is 26.3 Å². The van der Waals surface area contributed by atoms with E-state index in [1.165, 1.54) is 12.1 Å². The highest BCUT2D eigenvalue weighted by Gasteiger charge is 2.20. The van der Waals surface area contributed by atoms with Crippen molar-refractivity contribution in [2.24, 2.45) is 0 Å². The molecule has 0 unspecified atom stereocenters. The molecule has 0 fully saturated rings. The van der Waals surface area contributed by atoms with E-state index in [0.717, 1.165) is 0 Å². The maximum Gasteiger partial charge on any atom is 0.338 e. The predicted molar refractivity (Wildman–Crippen MR) is 66.0 cm³/mol. The molecule has 0 saturated carbocycles. The number of carbonyl (C=O) groups excluding carboxylic acids is 1. The molecule has 2 nitrogen and oxygen atoms in total. The maximum absolute atomic E-state index is 13.6. The van der Waals surface area contributed by atoms with Crippen molar-refractivity contribution in [3.8, 4) is 0 Å². The van der Waals surface area contributed by atoms with E-state index in [-0.39, 0.29) is 10.6 Å². The van der Waals surface area contributed by atoms with Gasteiger partial charge in [0.1, 0.15) is 11.4 Å². The van der Waals surface area contributed by atoms with Gasteiger partial charge in [0.25, 0.3) is 0 Å². The Morgan fingerprint density at radius 3 is 2.41 bits per heavy atom. The summed E-state index contributed by atoms with van der Waals surface area (Å²) in [5.41, 5.74) is -0.0534. The monoisotopic (exact) mass is 258 g/mol. The van der Waals surface area contributed by atoms with Crippen LogP contribution in [-0.4, -0.2) is 11.6 Å². The molecule has 0 aliphatic heterocycles. The lowest BCUT2D eigenvalue weighted by Crippen LogP contribution is -2.24. The van der Waals surface area contributed by atoms with E-state index >= 15 is 0 Å². The normalized spacial score (nSPS) is 11.4. The third-order valence-electron chi connectivity index (χ3n) is 2.13. The number of benzene rings is 1. The molecule has 4 heteroatoms. The second-order valence-electron chi connectivity index (χ2n) is 4.77. The molecule has 0 N–H and O–H groups in total. The summed E-state index contributed by atoms with van der Waals surface area (Å²) in [6, 6.07) is 2.61. The van der Waals surface area contributed by atoms with Crippen LogP contribution in [0, 0.1) is 5.82 Å². The van der Waals surface area contributed by atoms with Crippen LogP contribution in [0.4, 0.5) is 4.39 Å². The lowest BCUT2D eigenvalue weighted by molar-refractivity contribution is 0.00690. The molecule has 1 aromatic rings. The number of hydrogen-bond acceptors (Lipinski definition) is 2. The largest absolute Gasteiger partial charge is 0.456 e. The van der Waals surface area contributed by atoms with Gasteiger partial charge in [0.2, 0.25) is 0 Å². The Hall–Kier alpha value is -1.09. The molecule has 0 bridgehead atoms. The van der Waals surface area contributed by atoms with Crippen molar-refractivity contribution >= 4 is 17.6 Å². The minimum absolute atomic E-state index is 0.139. The quantitative estimate of drug-likeness (QED) is 0.750. The standard InChI is InChI=1S/C13H16ClFO2/c1-5-9-10(14)6-8(7-11(9)15)12(16)17-13(2,3)4/h6-7H,5H2,1-4H3. The Morgan fingerprint density at radius 1 is 1.41 bits per heavy atom. The molecule has 0 heterocycles. The van der Waals surface area contributed by atoms with Gasteiger partial charge in [-0.05, 0) is 39.3 Å². The first kappa shape index (κ1) is 14.0. The Bertz CT molecular complexity index is 413. The summed E-state index contributed by atoms with van der Waals surface area (Å²) in [4.78, 5) is 11.7. The zero-order valence-electron chi connectivity index (χ0n) is 10.4. The third-order valence-corrected chi connectivity index (χ3v) is 2.47. The fraction of sp³-hybridized carbons (Fsp3) is 0.462. The summed E-state index contributed by atoms with van der Waals surface area (Å²) in [5.74, 6) is -1.04. The molecule has 0 saturated heterocycles. The number of ether oxygens (including phenoxy) is 1. The molecular weight excluding hydrogens is 243 g/mol. The summed E-state index contributed by atoms with van der Waals surface area (Å²) in [6.45, 7) is 7.06. The second kappa shape index (κ2) is 5.05. The van der Waals surface area contributed by atoms with Gasteiger partial charge in [0, 0.05) is 10.6 Å². The van der Waals surface area contributed by atoms with Crippen molar-refractivity contribution in [2.45, 2.75) is 39.7 Å². The van der Waals surface area contributed by atoms with E-state index in [1.54, 1.807) is 27.7 Å². The number of halogens is 2. The number of carbonyl (C=O) groups is 1. The van der Waals surface area contributed by atoms with Crippen LogP contribution in [0.3, 0.4) is 0 Å². The zero-order valence-corrected chi connectivity index (χ0v) is 11.2. The van der Waals surface area contributed by atoms with Crippen LogP contribution in [0.2, 0.25) is 5.02 Å². The highest BCUT2D eigenvalue weighted by molar-refractivity contribution is 6.31. The van der Waals surface area contributed by atoms with Gasteiger partial charge in [-0.15, -0.1) is 0 Å². The van der Waals surface area contributed by atoms with Crippen LogP contribution < -0.4 is 0 Å². The summed E-state index contributed by atoms with van der Waals surface area (Å²) in [7, 11) is 0. The van der Waals surface area contributed by atoms with Crippen molar-refractivity contribution in [1.82, 2.24) is 0 Å². The molecule has 0 aromatic heterocycles. The summed E-state index contributed by atoms with van der Waals surface area (Å²) >= 11 is 5.90. The van der Waals surface area contributed by atoms with Gasteiger partial charge in [-0.3, -0.25) is 0 Å². The van der Waals surface area contributed by atoms with Gasteiger partial charge in [0.05, 0.1) is 5.56 Å². The van der Waals surface area contributed by atoms with Crippen LogP contribution in [0.5, 0.6) is 0 Å². The summed E-state index contributed by atoms with van der Waals surface area (Å²) < 4.78 is 18.8. The molecule has 0 spiro atoms. The Kier molecular flexibility index (Phi) is 4.15. The van der Waals surface area contributed by atoms with E-state index in [2.05, 4.69) is 0 Å². The lowest BCUT2D eigenvalue weighted by atomic mass is 10.1. The van der Waals surface area contributed by atoms with E-state index in [9.17, 15) is 9.18 Å². The lowest BCUT2D eigenvalue weighted by Gasteiger charge is -2.19. The van der Waals surface area contributed by atoms with Gasteiger partial charge < -0.3 is 4.74 Å². The van der Waals surface area contributed by atoms with E-state index in [4.69, 9.17) is 16.3 Å². The fourth-order valence-electron chi connectivity index (χ4n) is 1.40. The van der Waals surface area contributed by atoms with Crippen LogP contribution in [0.15, 0.2) is 12.1 Å². The van der Waals surface area contributed by atoms with E-state index in [0.29, 0.717) is 12.0 Å². The molecule has 94 valence electrons. The molecule has 0 aliphatic rings. The van der Waals surface area contributed by atoms with Gasteiger partial charge in [-0.1, -0.05) is 18.5 Å². The van der Waals surface area contributed by atoms with Crippen LogP contribution in [0.1, 0.15) is 43.6 Å². The fourth-order valence-corrected chi connectivity index (χ4v) is 1.74. The Balaban J connectivity index is 3.05. The van der Waals surface area contributed by atoms with Crippen LogP contribution in [0.25, 0.3) is 0 Å². The van der Waals surface area contributed by atoms with Gasteiger partial charge in [-0.25, -0.2) is 9.18 Å². The highest BCUT2D eigenvalue weighted by atomic mass is 35.5.